The van der Waals surface area contributed by atoms with E-state index in [0.29, 0.717) is 5.82 Å². The Balaban J connectivity index is 2.32. The molecule has 0 aliphatic carbocycles. The molecule has 3 N–H and O–H groups in total. The second kappa shape index (κ2) is 3.33. The Hall–Kier alpha value is -2.11. The summed E-state index contributed by atoms with van der Waals surface area (Å²) in [7, 11) is 0. The fourth-order valence-electron chi connectivity index (χ4n) is 1.16. The van der Waals surface area contributed by atoms with E-state index in [2.05, 4.69) is 15.4 Å². The zero-order valence-corrected chi connectivity index (χ0v) is 7.34. The summed E-state index contributed by atoms with van der Waals surface area (Å²) in [4.78, 5) is 14.6. The lowest BCUT2D eigenvalue weighted by molar-refractivity contribution is -0.116. The van der Waals surface area contributed by atoms with Gasteiger partial charge in [-0.15, -0.1) is 0 Å². The van der Waals surface area contributed by atoms with Crippen LogP contribution in [0.3, 0.4) is 0 Å². The second-order valence-corrected chi connectivity index (χ2v) is 2.76. The number of hydrogen-bond acceptors (Lipinski definition) is 4. The number of hydrogen-bond donors (Lipinski definition) is 2. The maximum Gasteiger partial charge on any atom is 0.236 e. The van der Waals surface area contributed by atoms with E-state index in [1.165, 1.54) is 0 Å². The van der Waals surface area contributed by atoms with Crippen molar-refractivity contribution >= 4 is 17.2 Å². The molecule has 0 spiro atoms. The highest BCUT2D eigenvalue weighted by Crippen LogP contribution is 2.11. The van der Waals surface area contributed by atoms with Crippen LogP contribution in [-0.2, 0) is 4.79 Å². The zero-order chi connectivity index (χ0) is 9.97. The van der Waals surface area contributed by atoms with Crippen molar-refractivity contribution in [1.82, 2.24) is 14.6 Å². The highest BCUT2D eigenvalue weighted by molar-refractivity contribution is 5.80. The molecule has 0 unspecified atom stereocenters. The summed E-state index contributed by atoms with van der Waals surface area (Å²) in [5.74, 6) is 0.178. The molecule has 1 amide bonds. The molecule has 0 radical (unpaired) electrons. The van der Waals surface area contributed by atoms with Gasteiger partial charge in [0.1, 0.15) is 5.52 Å². The summed E-state index contributed by atoms with van der Waals surface area (Å²) >= 11 is 0. The van der Waals surface area contributed by atoms with E-state index < -0.39 is 5.91 Å². The predicted octanol–water partition coefficient (Wildman–Crippen LogP) is -0.374. The number of nitrogens with one attached hydrogen (secondary N) is 1. The first-order chi connectivity index (χ1) is 6.77. The molecule has 72 valence electrons. The molecule has 0 atom stereocenters. The third kappa shape index (κ3) is 1.49. The van der Waals surface area contributed by atoms with Gasteiger partial charge in [-0.1, -0.05) is 0 Å². The Bertz CT molecular complexity index is 463. The Kier molecular flexibility index (Phi) is 2.02. The molecule has 0 aliphatic rings. The van der Waals surface area contributed by atoms with Gasteiger partial charge in [0.2, 0.25) is 5.91 Å². The number of carbonyl (C=O) groups is 1. The molecule has 6 nitrogen and oxygen atoms in total. The van der Waals surface area contributed by atoms with Gasteiger partial charge in [-0.2, -0.15) is 5.10 Å². The molecule has 14 heavy (non-hydrogen) atoms. The van der Waals surface area contributed by atoms with Crippen LogP contribution in [0.2, 0.25) is 0 Å². The Labute approximate surface area is 79.7 Å². The number of carbonyl (C=O) groups excluding carboxylic acids is 1. The first kappa shape index (κ1) is 8.49. The standard InChI is InChI=1S/C8H9N5O/c9-7(14)5-11-8-6-1-2-12-13(6)4-3-10-8/h1-4H,5H2,(H2,9,14)(H,10,11). The van der Waals surface area contributed by atoms with Crippen LogP contribution in [0.4, 0.5) is 5.82 Å². The monoisotopic (exact) mass is 191 g/mol. The molecule has 0 saturated heterocycles. The van der Waals surface area contributed by atoms with Gasteiger partial charge in [-0.3, -0.25) is 4.79 Å². The van der Waals surface area contributed by atoms with Crippen molar-refractivity contribution in [3.8, 4) is 0 Å². The first-order valence-corrected chi connectivity index (χ1v) is 4.08. The van der Waals surface area contributed by atoms with Gasteiger partial charge in [-0.25, -0.2) is 9.50 Å². The minimum Gasteiger partial charge on any atom is -0.368 e. The number of fused-ring (bicyclic) bond motifs is 1. The molecule has 2 heterocycles. The van der Waals surface area contributed by atoms with E-state index in [1.807, 2.05) is 0 Å². The van der Waals surface area contributed by atoms with Crippen LogP contribution < -0.4 is 11.1 Å². The summed E-state index contributed by atoms with van der Waals surface area (Å²) in [6, 6.07) is 1.80. The Morgan fingerprint density at radius 2 is 2.43 bits per heavy atom. The van der Waals surface area contributed by atoms with Crippen molar-refractivity contribution in [2.45, 2.75) is 0 Å². The SMILES string of the molecule is NC(=O)CNc1nccn2nccc12. The highest BCUT2D eigenvalue weighted by Gasteiger charge is 2.02. The van der Waals surface area contributed by atoms with E-state index in [-0.39, 0.29) is 6.54 Å². The van der Waals surface area contributed by atoms with Crippen LogP contribution in [0, 0.1) is 0 Å². The fourth-order valence-corrected chi connectivity index (χ4v) is 1.16. The molecule has 0 bridgehead atoms. The molecular weight excluding hydrogens is 182 g/mol. The molecule has 6 heteroatoms. The Morgan fingerprint density at radius 1 is 1.57 bits per heavy atom. The smallest absolute Gasteiger partial charge is 0.236 e. The Morgan fingerprint density at radius 3 is 3.21 bits per heavy atom. The average molecular weight is 191 g/mol. The molecule has 0 saturated carbocycles. The van der Waals surface area contributed by atoms with Gasteiger partial charge in [0.25, 0.3) is 0 Å². The van der Waals surface area contributed by atoms with Crippen molar-refractivity contribution < 1.29 is 4.79 Å². The largest absolute Gasteiger partial charge is 0.368 e. The minimum absolute atomic E-state index is 0.0673. The van der Waals surface area contributed by atoms with Crippen molar-refractivity contribution in [3.63, 3.8) is 0 Å². The van der Waals surface area contributed by atoms with Gasteiger partial charge in [-0.05, 0) is 6.07 Å². The minimum atomic E-state index is -0.423. The topological polar surface area (TPSA) is 85.3 Å². The summed E-state index contributed by atoms with van der Waals surface area (Å²) in [6.07, 6.45) is 4.99. The van der Waals surface area contributed by atoms with Crippen LogP contribution >= 0.6 is 0 Å². The third-order valence-electron chi connectivity index (χ3n) is 1.75. The maximum atomic E-state index is 10.6. The number of anilines is 1. The van der Waals surface area contributed by atoms with Crippen molar-refractivity contribution in [2.75, 3.05) is 11.9 Å². The molecular formula is C8H9N5O. The summed E-state index contributed by atoms with van der Waals surface area (Å²) in [5.41, 5.74) is 5.82. The van der Waals surface area contributed by atoms with Crippen molar-refractivity contribution in [3.05, 3.63) is 24.7 Å². The van der Waals surface area contributed by atoms with Gasteiger partial charge in [0, 0.05) is 12.4 Å². The fraction of sp³-hybridized carbons (Fsp3) is 0.125. The number of rotatable bonds is 3. The normalized spacial score (nSPS) is 10.3. The van der Waals surface area contributed by atoms with Gasteiger partial charge in [0.05, 0.1) is 12.7 Å². The molecule has 0 aromatic carbocycles. The summed E-state index contributed by atoms with van der Waals surface area (Å²) < 4.78 is 1.66. The molecule has 2 aromatic rings. The quantitative estimate of drug-likeness (QED) is 0.692. The number of aromatic nitrogens is 3. The van der Waals surface area contributed by atoms with Crippen molar-refractivity contribution in [2.24, 2.45) is 5.73 Å². The zero-order valence-electron chi connectivity index (χ0n) is 7.34. The van der Waals surface area contributed by atoms with Gasteiger partial charge >= 0.3 is 0 Å². The maximum absolute atomic E-state index is 10.6. The van der Waals surface area contributed by atoms with Crippen molar-refractivity contribution in [1.29, 1.82) is 0 Å². The summed E-state index contributed by atoms with van der Waals surface area (Å²) in [6.45, 7) is 0.0673. The van der Waals surface area contributed by atoms with E-state index >= 15 is 0 Å². The van der Waals surface area contributed by atoms with E-state index in [9.17, 15) is 4.79 Å². The average Bonchev–Trinajstić information content (AvgIpc) is 2.62. The number of nitrogens with zero attached hydrogens (tertiary/aromatic N) is 3. The van der Waals surface area contributed by atoms with Crippen LogP contribution in [0.15, 0.2) is 24.7 Å². The molecule has 2 aromatic heterocycles. The third-order valence-corrected chi connectivity index (χ3v) is 1.75. The lowest BCUT2D eigenvalue weighted by Gasteiger charge is -2.03. The second-order valence-electron chi connectivity index (χ2n) is 2.76. The van der Waals surface area contributed by atoms with E-state index in [4.69, 9.17) is 5.73 Å². The van der Waals surface area contributed by atoms with Crippen LogP contribution in [0.5, 0.6) is 0 Å². The molecule has 0 aliphatic heterocycles. The predicted molar refractivity (Wildman–Crippen MR) is 50.7 cm³/mol. The lowest BCUT2D eigenvalue weighted by Crippen LogP contribution is -2.22. The number of nitrogens with two attached hydrogens (primary N) is 1. The first-order valence-electron chi connectivity index (χ1n) is 4.08. The number of primary amides is 1. The highest BCUT2D eigenvalue weighted by atomic mass is 16.1. The molecule has 2 rings (SSSR count). The lowest BCUT2D eigenvalue weighted by atomic mass is 10.4. The van der Waals surface area contributed by atoms with Crippen LogP contribution in [0.25, 0.3) is 5.52 Å². The van der Waals surface area contributed by atoms with Gasteiger partial charge < -0.3 is 11.1 Å². The van der Waals surface area contributed by atoms with Gasteiger partial charge in [0.15, 0.2) is 5.82 Å². The van der Waals surface area contributed by atoms with E-state index in [0.717, 1.165) is 5.52 Å². The van der Waals surface area contributed by atoms with Crippen LogP contribution in [0.1, 0.15) is 0 Å². The van der Waals surface area contributed by atoms with Crippen LogP contribution in [-0.4, -0.2) is 27.0 Å². The molecule has 0 fully saturated rings. The summed E-state index contributed by atoms with van der Waals surface area (Å²) in [5, 5.41) is 6.85. The van der Waals surface area contributed by atoms with E-state index in [1.54, 1.807) is 29.2 Å². The number of amides is 1.